The van der Waals surface area contributed by atoms with Crippen LogP contribution in [-0.4, -0.2) is 30.0 Å². The first-order chi connectivity index (χ1) is 8.99. The molecule has 1 amide bonds. The molecule has 0 unspecified atom stereocenters. The summed E-state index contributed by atoms with van der Waals surface area (Å²) >= 11 is 0. The molecule has 1 heterocycles. The van der Waals surface area contributed by atoms with Gasteiger partial charge in [-0.1, -0.05) is 0 Å². The summed E-state index contributed by atoms with van der Waals surface area (Å²) in [7, 11) is 1.60. The van der Waals surface area contributed by atoms with Crippen molar-refractivity contribution in [3.8, 4) is 0 Å². The first kappa shape index (κ1) is 16.3. The van der Waals surface area contributed by atoms with Crippen molar-refractivity contribution in [3.05, 3.63) is 23.9 Å². The number of amides is 1. The molecule has 1 rings (SSSR count). The van der Waals surface area contributed by atoms with Crippen molar-refractivity contribution in [2.75, 3.05) is 18.5 Å². The molecule has 4 nitrogen and oxygen atoms in total. The third kappa shape index (κ3) is 5.07. The Hall–Kier alpha value is -1.79. The minimum Gasteiger partial charge on any atom is -0.350 e. The zero-order valence-electron chi connectivity index (χ0n) is 11.9. The molecule has 20 heavy (non-hydrogen) atoms. The third-order valence-corrected chi connectivity index (χ3v) is 2.36. The Balaban J connectivity index is 2.69. The molecule has 0 saturated heterocycles. The number of hydrogen-bond acceptors (Lipinski definition) is 3. The summed E-state index contributed by atoms with van der Waals surface area (Å²) in [5.41, 5.74) is -1.17. The van der Waals surface area contributed by atoms with E-state index in [4.69, 9.17) is 0 Å². The van der Waals surface area contributed by atoms with Crippen LogP contribution in [0.15, 0.2) is 18.3 Å². The van der Waals surface area contributed by atoms with Gasteiger partial charge in [0.15, 0.2) is 0 Å². The molecule has 0 aliphatic rings. The van der Waals surface area contributed by atoms with E-state index >= 15 is 0 Å². The van der Waals surface area contributed by atoms with E-state index in [1.54, 1.807) is 7.05 Å². The molecule has 0 saturated carbocycles. The minimum atomic E-state index is -4.41. The summed E-state index contributed by atoms with van der Waals surface area (Å²) in [5, 5.41) is 2.77. The van der Waals surface area contributed by atoms with Crippen LogP contribution in [0.1, 0.15) is 26.3 Å². The number of alkyl halides is 3. The van der Waals surface area contributed by atoms with Crippen LogP contribution in [0.2, 0.25) is 0 Å². The van der Waals surface area contributed by atoms with Crippen molar-refractivity contribution in [1.82, 2.24) is 10.3 Å². The number of hydrogen-bond donors (Lipinski definition) is 1. The molecule has 0 fully saturated rings. The average molecular weight is 289 g/mol. The van der Waals surface area contributed by atoms with Crippen LogP contribution >= 0.6 is 0 Å². The lowest BCUT2D eigenvalue weighted by Crippen LogP contribution is -2.45. The molecular formula is C13H18F3N3O. The van der Waals surface area contributed by atoms with E-state index < -0.39 is 11.7 Å². The van der Waals surface area contributed by atoms with Crippen LogP contribution in [0.25, 0.3) is 0 Å². The van der Waals surface area contributed by atoms with Gasteiger partial charge in [0.2, 0.25) is 5.91 Å². The Bertz CT molecular complexity index is 463. The van der Waals surface area contributed by atoms with Crippen molar-refractivity contribution in [2.45, 2.75) is 32.5 Å². The van der Waals surface area contributed by atoms with E-state index in [-0.39, 0.29) is 18.0 Å². The normalized spacial score (nSPS) is 12.2. The van der Waals surface area contributed by atoms with Gasteiger partial charge in [-0.2, -0.15) is 13.2 Å². The fourth-order valence-electron chi connectivity index (χ4n) is 1.53. The Labute approximate surface area is 116 Å². The molecule has 0 aliphatic heterocycles. The fraction of sp³-hybridized carbons (Fsp3) is 0.538. The largest absolute Gasteiger partial charge is 0.417 e. The zero-order valence-corrected chi connectivity index (χ0v) is 11.9. The molecule has 1 N–H and O–H groups in total. The molecular weight excluding hydrogens is 271 g/mol. The maximum absolute atomic E-state index is 12.4. The monoisotopic (exact) mass is 289 g/mol. The molecule has 0 bridgehead atoms. The highest BCUT2D eigenvalue weighted by Crippen LogP contribution is 2.29. The van der Waals surface area contributed by atoms with Crippen molar-refractivity contribution >= 4 is 11.7 Å². The lowest BCUT2D eigenvalue weighted by Gasteiger charge is -2.24. The summed E-state index contributed by atoms with van der Waals surface area (Å²) in [6.07, 6.45) is -3.65. The van der Waals surface area contributed by atoms with Gasteiger partial charge in [-0.05, 0) is 32.9 Å². The SMILES string of the molecule is CN(CC(=O)NC(C)(C)C)c1ccc(C(F)(F)F)cn1. The zero-order chi connectivity index (χ0) is 15.6. The number of aromatic nitrogens is 1. The average Bonchev–Trinajstić information content (AvgIpc) is 2.25. The van der Waals surface area contributed by atoms with E-state index in [9.17, 15) is 18.0 Å². The highest BCUT2D eigenvalue weighted by atomic mass is 19.4. The number of rotatable bonds is 3. The number of halogens is 3. The first-order valence-electron chi connectivity index (χ1n) is 6.04. The number of nitrogens with zero attached hydrogens (tertiary/aromatic N) is 2. The highest BCUT2D eigenvalue weighted by Gasteiger charge is 2.30. The highest BCUT2D eigenvalue weighted by molar-refractivity contribution is 5.81. The van der Waals surface area contributed by atoms with Crippen molar-refractivity contribution in [3.63, 3.8) is 0 Å². The van der Waals surface area contributed by atoms with Crippen molar-refractivity contribution in [2.24, 2.45) is 0 Å². The van der Waals surface area contributed by atoms with Crippen LogP contribution < -0.4 is 10.2 Å². The van der Waals surface area contributed by atoms with Gasteiger partial charge in [0.25, 0.3) is 0 Å². The van der Waals surface area contributed by atoms with E-state index in [0.717, 1.165) is 12.3 Å². The van der Waals surface area contributed by atoms with Crippen molar-refractivity contribution in [1.29, 1.82) is 0 Å². The second-order valence-electron chi connectivity index (χ2n) is 5.56. The van der Waals surface area contributed by atoms with Gasteiger partial charge in [-0.25, -0.2) is 4.98 Å². The van der Waals surface area contributed by atoms with Crippen molar-refractivity contribution < 1.29 is 18.0 Å². The molecule has 1 aromatic rings. The third-order valence-electron chi connectivity index (χ3n) is 2.36. The molecule has 7 heteroatoms. The Morgan fingerprint density at radius 3 is 2.30 bits per heavy atom. The maximum atomic E-state index is 12.4. The maximum Gasteiger partial charge on any atom is 0.417 e. The van der Waals surface area contributed by atoms with E-state index in [1.807, 2.05) is 20.8 Å². The molecule has 0 radical (unpaired) electrons. The van der Waals surface area contributed by atoms with E-state index in [2.05, 4.69) is 10.3 Å². The molecule has 0 spiro atoms. The molecule has 112 valence electrons. The van der Waals surface area contributed by atoms with E-state index in [1.165, 1.54) is 11.0 Å². The van der Waals surface area contributed by atoms with Crippen LogP contribution in [0.4, 0.5) is 19.0 Å². The van der Waals surface area contributed by atoms with Gasteiger partial charge < -0.3 is 10.2 Å². The second kappa shape index (κ2) is 5.68. The van der Waals surface area contributed by atoms with Crippen LogP contribution in [0.3, 0.4) is 0 Å². The first-order valence-corrected chi connectivity index (χ1v) is 6.04. The number of nitrogens with one attached hydrogen (secondary N) is 1. The van der Waals surface area contributed by atoms with Gasteiger partial charge in [-0.15, -0.1) is 0 Å². The van der Waals surface area contributed by atoms with Crippen LogP contribution in [0, 0.1) is 0 Å². The lowest BCUT2D eigenvalue weighted by atomic mass is 10.1. The van der Waals surface area contributed by atoms with E-state index in [0.29, 0.717) is 5.82 Å². The summed E-state index contributed by atoms with van der Waals surface area (Å²) in [4.78, 5) is 16.9. The Kier molecular flexibility index (Phi) is 4.62. The molecule has 0 aromatic carbocycles. The minimum absolute atomic E-state index is 0.0234. The lowest BCUT2D eigenvalue weighted by molar-refractivity contribution is -0.137. The predicted octanol–water partition coefficient (Wildman–Crippen LogP) is 2.45. The number of carbonyl (C=O) groups excluding carboxylic acids is 1. The molecule has 0 atom stereocenters. The predicted molar refractivity (Wildman–Crippen MR) is 70.4 cm³/mol. The number of carbonyl (C=O) groups is 1. The Morgan fingerprint density at radius 1 is 1.30 bits per heavy atom. The number of anilines is 1. The van der Waals surface area contributed by atoms with Gasteiger partial charge >= 0.3 is 6.18 Å². The van der Waals surface area contributed by atoms with Gasteiger partial charge in [-0.3, -0.25) is 4.79 Å². The molecule has 0 aliphatic carbocycles. The van der Waals surface area contributed by atoms with Crippen LogP contribution in [-0.2, 0) is 11.0 Å². The quantitative estimate of drug-likeness (QED) is 0.929. The smallest absolute Gasteiger partial charge is 0.350 e. The van der Waals surface area contributed by atoms with Gasteiger partial charge in [0.1, 0.15) is 5.82 Å². The summed E-state index contributed by atoms with van der Waals surface area (Å²) in [6, 6.07) is 2.19. The number of pyridine rings is 1. The van der Waals surface area contributed by atoms with Crippen LogP contribution in [0.5, 0.6) is 0 Å². The standard InChI is InChI=1S/C13H18F3N3O/c1-12(2,3)18-11(20)8-19(4)10-6-5-9(7-17-10)13(14,15)16/h5-7H,8H2,1-4H3,(H,18,20). The fourth-order valence-corrected chi connectivity index (χ4v) is 1.53. The van der Waals surface area contributed by atoms with Gasteiger partial charge in [0, 0.05) is 18.8 Å². The number of likely N-dealkylation sites (N-methyl/N-ethyl adjacent to an activating group) is 1. The Morgan fingerprint density at radius 2 is 1.90 bits per heavy atom. The topological polar surface area (TPSA) is 45.2 Å². The summed E-state index contributed by atoms with van der Waals surface area (Å²) < 4.78 is 37.2. The summed E-state index contributed by atoms with van der Waals surface area (Å²) in [5.74, 6) is 0.0868. The van der Waals surface area contributed by atoms with Gasteiger partial charge in [0.05, 0.1) is 12.1 Å². The second-order valence-corrected chi connectivity index (χ2v) is 5.56. The summed E-state index contributed by atoms with van der Waals surface area (Å²) in [6.45, 7) is 5.57. The molecule has 1 aromatic heterocycles.